The molecule has 0 heterocycles. The number of hydrogen-bond donors (Lipinski definition) is 2. The number of allylic oxidation sites excluding steroid dienone is 14. The van der Waals surface area contributed by atoms with Gasteiger partial charge >= 0.3 is 11.9 Å². The Morgan fingerprint density at radius 3 is 1.26 bits per heavy atom. The Balaban J connectivity index is 4.26. The van der Waals surface area contributed by atoms with Gasteiger partial charge in [-0.2, -0.15) is 0 Å². The molecule has 0 aromatic heterocycles. The van der Waals surface area contributed by atoms with Crippen LogP contribution in [0.1, 0.15) is 213 Å². The SMILES string of the molecule is CC/C=C\C/C=C\C/C=C\C/C=C\C/C=C\C/C=C\C/C=C\CCCC(=O)OC(CCCCCCCCCCCCCCC)CCCCCCCC(=O)NCC(=O)O. The lowest BCUT2D eigenvalue weighted by atomic mass is 10.0. The van der Waals surface area contributed by atoms with Crippen LogP contribution in [0.3, 0.4) is 0 Å². The predicted octanol–water partition coefficient (Wildman–Crippen LogP) is 15.1. The molecule has 58 heavy (non-hydrogen) atoms. The zero-order valence-corrected chi connectivity index (χ0v) is 37.4. The van der Waals surface area contributed by atoms with Gasteiger partial charge in [-0.15, -0.1) is 0 Å². The van der Waals surface area contributed by atoms with Gasteiger partial charge in [-0.05, 0) is 89.9 Å². The zero-order valence-electron chi connectivity index (χ0n) is 37.4. The van der Waals surface area contributed by atoms with E-state index in [1.807, 2.05) is 0 Å². The van der Waals surface area contributed by atoms with Crippen LogP contribution < -0.4 is 5.32 Å². The second-order valence-electron chi connectivity index (χ2n) is 15.6. The minimum absolute atomic E-state index is 0.00866. The van der Waals surface area contributed by atoms with Gasteiger partial charge in [-0.25, -0.2) is 0 Å². The van der Waals surface area contributed by atoms with Crippen molar-refractivity contribution in [3.05, 3.63) is 85.1 Å². The fourth-order valence-electron chi connectivity index (χ4n) is 6.62. The van der Waals surface area contributed by atoms with Crippen LogP contribution in [-0.2, 0) is 19.1 Å². The minimum Gasteiger partial charge on any atom is -0.480 e. The number of unbranched alkanes of at least 4 members (excludes halogenated alkanes) is 17. The lowest BCUT2D eigenvalue weighted by molar-refractivity contribution is -0.150. The highest BCUT2D eigenvalue weighted by Crippen LogP contribution is 2.19. The fourth-order valence-corrected chi connectivity index (χ4v) is 6.62. The summed E-state index contributed by atoms with van der Waals surface area (Å²) >= 11 is 0. The van der Waals surface area contributed by atoms with Gasteiger partial charge < -0.3 is 15.2 Å². The molecule has 1 atom stereocenters. The summed E-state index contributed by atoms with van der Waals surface area (Å²) in [6.45, 7) is 4.11. The van der Waals surface area contributed by atoms with Gasteiger partial charge in [0.1, 0.15) is 12.6 Å². The number of amides is 1. The molecule has 0 saturated heterocycles. The Hall–Kier alpha value is -3.41. The quantitative estimate of drug-likeness (QED) is 0.0364. The number of rotatable bonds is 42. The summed E-state index contributed by atoms with van der Waals surface area (Å²) in [6.07, 6.45) is 64.3. The molecule has 0 radical (unpaired) electrons. The van der Waals surface area contributed by atoms with E-state index in [0.717, 1.165) is 109 Å². The number of aliphatic carboxylic acids is 1. The number of esters is 1. The Bertz CT molecular complexity index is 1160. The maximum atomic E-state index is 12.8. The predicted molar refractivity (Wildman–Crippen MR) is 249 cm³/mol. The topological polar surface area (TPSA) is 92.7 Å². The molecule has 0 aliphatic heterocycles. The van der Waals surface area contributed by atoms with Gasteiger partial charge in [0.25, 0.3) is 0 Å². The van der Waals surface area contributed by atoms with Gasteiger partial charge in [-0.1, -0.05) is 195 Å². The molecule has 1 unspecified atom stereocenters. The van der Waals surface area contributed by atoms with Crippen LogP contribution in [-0.4, -0.2) is 35.6 Å². The third-order valence-corrected chi connectivity index (χ3v) is 10.1. The molecule has 0 spiro atoms. The van der Waals surface area contributed by atoms with E-state index in [9.17, 15) is 14.4 Å². The number of carboxylic acid groups (broad SMARTS) is 1. The summed E-state index contributed by atoms with van der Waals surface area (Å²) in [4.78, 5) is 35.1. The maximum Gasteiger partial charge on any atom is 0.322 e. The van der Waals surface area contributed by atoms with E-state index in [0.29, 0.717) is 12.8 Å². The zero-order chi connectivity index (χ0) is 42.3. The number of carbonyl (C=O) groups is 3. The Morgan fingerprint density at radius 2 is 0.845 bits per heavy atom. The first-order valence-electron chi connectivity index (χ1n) is 23.7. The first-order valence-corrected chi connectivity index (χ1v) is 23.7. The van der Waals surface area contributed by atoms with Crippen LogP contribution in [0.4, 0.5) is 0 Å². The van der Waals surface area contributed by atoms with E-state index in [1.165, 1.54) is 77.0 Å². The van der Waals surface area contributed by atoms with Crippen molar-refractivity contribution in [2.75, 3.05) is 6.54 Å². The van der Waals surface area contributed by atoms with Gasteiger partial charge in [0.2, 0.25) is 5.91 Å². The van der Waals surface area contributed by atoms with E-state index < -0.39 is 5.97 Å². The van der Waals surface area contributed by atoms with Crippen molar-refractivity contribution in [2.45, 2.75) is 219 Å². The average Bonchev–Trinajstić information content (AvgIpc) is 3.21. The normalized spacial score (nSPS) is 12.9. The van der Waals surface area contributed by atoms with Crippen molar-refractivity contribution in [3.8, 4) is 0 Å². The second-order valence-corrected chi connectivity index (χ2v) is 15.6. The molecule has 2 N–H and O–H groups in total. The summed E-state index contributed by atoms with van der Waals surface area (Å²) < 4.78 is 6.02. The molecule has 6 heteroatoms. The van der Waals surface area contributed by atoms with Gasteiger partial charge in [0.15, 0.2) is 0 Å². The number of ether oxygens (including phenoxy) is 1. The van der Waals surface area contributed by atoms with Crippen LogP contribution >= 0.6 is 0 Å². The first kappa shape index (κ1) is 54.6. The van der Waals surface area contributed by atoms with Crippen molar-refractivity contribution in [3.63, 3.8) is 0 Å². The molecule has 1 amide bonds. The maximum absolute atomic E-state index is 12.8. The molecule has 0 rings (SSSR count). The van der Waals surface area contributed by atoms with E-state index in [1.54, 1.807) is 0 Å². The molecule has 0 aliphatic carbocycles. The lowest BCUT2D eigenvalue weighted by Gasteiger charge is -2.18. The minimum atomic E-state index is -1.02. The van der Waals surface area contributed by atoms with E-state index in [-0.39, 0.29) is 24.5 Å². The van der Waals surface area contributed by atoms with Gasteiger partial charge in [0, 0.05) is 12.8 Å². The number of nitrogens with one attached hydrogen (secondary N) is 1. The fraction of sp³-hybridized carbons (Fsp3) is 0.673. The van der Waals surface area contributed by atoms with Gasteiger partial charge in [-0.3, -0.25) is 14.4 Å². The summed E-state index contributed by atoms with van der Waals surface area (Å²) in [5.74, 6) is -1.29. The first-order chi connectivity index (χ1) is 28.5. The number of hydrogen-bond acceptors (Lipinski definition) is 4. The summed E-state index contributed by atoms with van der Waals surface area (Å²) in [5.41, 5.74) is 0. The van der Waals surface area contributed by atoms with Crippen LogP contribution in [0.5, 0.6) is 0 Å². The van der Waals surface area contributed by atoms with E-state index >= 15 is 0 Å². The third-order valence-electron chi connectivity index (χ3n) is 10.1. The molecular weight excluding hydrogens is 719 g/mol. The Labute approximate surface area is 356 Å². The molecule has 330 valence electrons. The van der Waals surface area contributed by atoms with Gasteiger partial charge in [0.05, 0.1) is 0 Å². The van der Waals surface area contributed by atoms with E-state index in [2.05, 4.69) is 104 Å². The average molecular weight is 806 g/mol. The Morgan fingerprint density at radius 1 is 0.466 bits per heavy atom. The van der Waals surface area contributed by atoms with Crippen LogP contribution in [0, 0.1) is 0 Å². The van der Waals surface area contributed by atoms with Crippen molar-refractivity contribution < 1.29 is 24.2 Å². The third kappa shape index (κ3) is 45.3. The van der Waals surface area contributed by atoms with Crippen LogP contribution in [0.2, 0.25) is 0 Å². The summed E-state index contributed by atoms with van der Waals surface area (Å²) in [5, 5.41) is 11.1. The lowest BCUT2D eigenvalue weighted by Crippen LogP contribution is -2.28. The van der Waals surface area contributed by atoms with Crippen molar-refractivity contribution in [1.82, 2.24) is 5.32 Å². The summed E-state index contributed by atoms with van der Waals surface area (Å²) in [7, 11) is 0. The number of carbonyl (C=O) groups excluding carboxylic acids is 2. The molecule has 0 saturated carbocycles. The highest BCUT2D eigenvalue weighted by molar-refractivity contribution is 5.80. The van der Waals surface area contributed by atoms with Crippen molar-refractivity contribution >= 4 is 17.8 Å². The monoisotopic (exact) mass is 806 g/mol. The standard InChI is InChI=1S/C52H87NO5/c1-3-5-7-9-11-13-15-17-18-19-20-21-22-23-24-25-26-28-30-32-34-39-43-47-52(57)58-49(45-41-37-35-38-42-46-50(54)53-48-51(55)56)44-40-36-33-31-29-27-16-14-12-10-8-6-4-2/h5,7,11,13,17-18,20-21,23-24,26,28,32,34,49H,3-4,6,8-10,12,14-16,19,22,25,27,29-31,33,35-48H2,1-2H3,(H,53,54)(H,55,56)/b7-5-,13-11-,18-17-,21-20-,24-23-,28-26-,34-32-. The molecule has 0 aromatic carbocycles. The summed E-state index contributed by atoms with van der Waals surface area (Å²) in [6, 6.07) is 0. The van der Waals surface area contributed by atoms with Crippen LogP contribution in [0.25, 0.3) is 0 Å². The molecule has 0 fully saturated rings. The molecule has 0 bridgehead atoms. The number of carboxylic acids is 1. The highest BCUT2D eigenvalue weighted by Gasteiger charge is 2.14. The Kier molecular flexibility index (Phi) is 43.6. The second kappa shape index (κ2) is 46.3. The largest absolute Gasteiger partial charge is 0.480 e. The molecule has 0 aromatic rings. The molecule has 6 nitrogen and oxygen atoms in total. The highest BCUT2D eigenvalue weighted by atomic mass is 16.5. The van der Waals surface area contributed by atoms with Crippen molar-refractivity contribution in [2.24, 2.45) is 0 Å². The smallest absolute Gasteiger partial charge is 0.322 e. The van der Waals surface area contributed by atoms with Crippen molar-refractivity contribution in [1.29, 1.82) is 0 Å². The molecular formula is C52H87NO5. The van der Waals surface area contributed by atoms with E-state index in [4.69, 9.17) is 9.84 Å². The molecule has 0 aliphatic rings. The van der Waals surface area contributed by atoms with Crippen LogP contribution in [0.15, 0.2) is 85.1 Å².